The van der Waals surface area contributed by atoms with E-state index in [-0.39, 0.29) is 5.02 Å². The van der Waals surface area contributed by atoms with Crippen LogP contribution in [0.4, 0.5) is 8.78 Å². The Morgan fingerprint density at radius 1 is 1.17 bits per heavy atom. The Morgan fingerprint density at radius 2 is 1.88 bits per heavy atom. The predicted octanol–water partition coefficient (Wildman–Crippen LogP) is 4.41. The summed E-state index contributed by atoms with van der Waals surface area (Å²) in [7, 11) is 1.68. The van der Waals surface area contributed by atoms with Gasteiger partial charge in [0.25, 0.3) is 0 Å². The molecule has 6 heteroatoms. The van der Waals surface area contributed by atoms with Crippen molar-refractivity contribution in [2.75, 3.05) is 0 Å². The number of benzene rings is 2. The smallest absolute Gasteiger partial charge is 0.132 e. The monoisotopic (exact) mass is 348 g/mol. The van der Waals surface area contributed by atoms with E-state index in [1.807, 2.05) is 0 Å². The highest BCUT2D eigenvalue weighted by Gasteiger charge is 2.26. The molecule has 1 aromatic heterocycles. The Kier molecular flexibility index (Phi) is 4.39. The molecule has 0 aliphatic rings. The molecule has 0 saturated heterocycles. The third-order valence-electron chi connectivity index (χ3n) is 3.93. The van der Waals surface area contributed by atoms with E-state index in [1.165, 1.54) is 22.9 Å². The maximum atomic E-state index is 14.2. The molecule has 2 aromatic carbocycles. The van der Waals surface area contributed by atoms with E-state index in [0.717, 1.165) is 6.07 Å². The lowest BCUT2D eigenvalue weighted by Crippen LogP contribution is -2.05. The van der Waals surface area contributed by atoms with Crippen LogP contribution in [0.1, 0.15) is 22.9 Å². The minimum atomic E-state index is -1.15. The molecular formula is C18H15ClF2N2O. The molecular weight excluding hydrogens is 334 g/mol. The second-order valence-corrected chi connectivity index (χ2v) is 5.93. The summed E-state index contributed by atoms with van der Waals surface area (Å²) in [6.45, 7) is 1.72. The van der Waals surface area contributed by atoms with Crippen molar-refractivity contribution in [1.29, 1.82) is 0 Å². The van der Waals surface area contributed by atoms with Gasteiger partial charge in [0.2, 0.25) is 0 Å². The van der Waals surface area contributed by atoms with Gasteiger partial charge in [-0.3, -0.25) is 4.68 Å². The van der Waals surface area contributed by atoms with E-state index in [9.17, 15) is 13.9 Å². The highest BCUT2D eigenvalue weighted by Crippen LogP contribution is 2.37. The summed E-state index contributed by atoms with van der Waals surface area (Å²) in [5, 5.41) is 15.2. The van der Waals surface area contributed by atoms with E-state index in [1.54, 1.807) is 32.2 Å². The molecule has 1 N–H and O–H groups in total. The molecule has 1 heterocycles. The zero-order valence-corrected chi connectivity index (χ0v) is 13.9. The Bertz CT molecular complexity index is 908. The predicted molar refractivity (Wildman–Crippen MR) is 88.8 cm³/mol. The maximum absolute atomic E-state index is 14.2. The van der Waals surface area contributed by atoms with Gasteiger partial charge in [-0.1, -0.05) is 29.8 Å². The number of rotatable bonds is 3. The zero-order chi connectivity index (χ0) is 17.4. The number of nitrogens with zero attached hydrogens (tertiary/aromatic N) is 2. The number of hydrogen-bond donors (Lipinski definition) is 1. The fourth-order valence-electron chi connectivity index (χ4n) is 2.85. The van der Waals surface area contributed by atoms with Crippen LogP contribution in [-0.2, 0) is 7.05 Å². The van der Waals surface area contributed by atoms with Crippen LogP contribution in [0.15, 0.2) is 42.5 Å². The van der Waals surface area contributed by atoms with Gasteiger partial charge < -0.3 is 5.11 Å². The second kappa shape index (κ2) is 6.34. The lowest BCUT2D eigenvalue weighted by atomic mass is 9.96. The molecule has 1 unspecified atom stereocenters. The van der Waals surface area contributed by atoms with Gasteiger partial charge in [-0.05, 0) is 31.2 Å². The average Bonchev–Trinajstić information content (AvgIpc) is 2.81. The Labute approximate surface area is 143 Å². The first-order valence-corrected chi connectivity index (χ1v) is 7.69. The topological polar surface area (TPSA) is 38.0 Å². The molecule has 124 valence electrons. The second-order valence-electron chi connectivity index (χ2n) is 5.52. The Balaban J connectivity index is 2.20. The van der Waals surface area contributed by atoms with Crippen molar-refractivity contribution in [3.05, 3.63) is 75.9 Å². The number of aromatic nitrogens is 2. The van der Waals surface area contributed by atoms with Crippen molar-refractivity contribution in [2.24, 2.45) is 7.05 Å². The van der Waals surface area contributed by atoms with Crippen molar-refractivity contribution in [3.63, 3.8) is 0 Å². The normalized spacial score (nSPS) is 12.4. The van der Waals surface area contributed by atoms with E-state index < -0.39 is 17.7 Å². The molecule has 0 fully saturated rings. The van der Waals surface area contributed by atoms with Crippen LogP contribution in [0.25, 0.3) is 11.3 Å². The van der Waals surface area contributed by atoms with Crippen molar-refractivity contribution in [2.45, 2.75) is 13.0 Å². The molecule has 0 amide bonds. The summed E-state index contributed by atoms with van der Waals surface area (Å²) >= 11 is 6.06. The summed E-state index contributed by atoms with van der Waals surface area (Å²) in [4.78, 5) is 0. The first kappa shape index (κ1) is 16.6. The molecule has 3 nitrogen and oxygen atoms in total. The first-order chi connectivity index (χ1) is 11.4. The highest BCUT2D eigenvalue weighted by atomic mass is 35.5. The molecule has 3 aromatic rings. The van der Waals surface area contributed by atoms with Crippen LogP contribution >= 0.6 is 11.6 Å². The summed E-state index contributed by atoms with van der Waals surface area (Å²) in [6, 6.07) is 10.0. The van der Waals surface area contributed by atoms with Crippen molar-refractivity contribution in [1.82, 2.24) is 9.78 Å². The van der Waals surface area contributed by atoms with Crippen LogP contribution in [0, 0.1) is 18.6 Å². The van der Waals surface area contributed by atoms with Gasteiger partial charge in [0.15, 0.2) is 0 Å². The van der Waals surface area contributed by atoms with E-state index >= 15 is 0 Å². The lowest BCUT2D eigenvalue weighted by molar-refractivity contribution is 0.220. The van der Waals surface area contributed by atoms with Crippen LogP contribution in [0.5, 0.6) is 0 Å². The average molecular weight is 349 g/mol. The fourth-order valence-corrected chi connectivity index (χ4v) is 3.12. The number of halogens is 3. The molecule has 0 radical (unpaired) electrons. The molecule has 0 aliphatic heterocycles. The van der Waals surface area contributed by atoms with Gasteiger partial charge in [0.1, 0.15) is 17.7 Å². The van der Waals surface area contributed by atoms with Crippen molar-refractivity contribution < 1.29 is 13.9 Å². The number of hydrogen-bond acceptors (Lipinski definition) is 2. The SMILES string of the molecule is Cc1nn(C)c(-c2ccccc2F)c1C(O)c1ccc(F)cc1Cl. The van der Waals surface area contributed by atoms with Gasteiger partial charge in [-0.2, -0.15) is 5.10 Å². The van der Waals surface area contributed by atoms with Crippen LogP contribution in [0.3, 0.4) is 0 Å². The van der Waals surface area contributed by atoms with E-state index in [0.29, 0.717) is 28.1 Å². The molecule has 0 saturated carbocycles. The third-order valence-corrected chi connectivity index (χ3v) is 4.26. The standard InChI is InChI=1S/C18H15ClF2N2O/c1-10-16(18(24)12-8-7-11(20)9-14(12)19)17(23(2)22-10)13-5-3-4-6-15(13)21/h3-9,18,24H,1-2H3. The van der Waals surface area contributed by atoms with Crippen molar-refractivity contribution in [3.8, 4) is 11.3 Å². The van der Waals surface area contributed by atoms with Gasteiger partial charge in [-0.15, -0.1) is 0 Å². The quantitative estimate of drug-likeness (QED) is 0.761. The summed E-state index contributed by atoms with van der Waals surface area (Å²) in [5.74, 6) is -0.910. The number of aliphatic hydroxyl groups is 1. The van der Waals surface area contributed by atoms with Crippen molar-refractivity contribution >= 4 is 11.6 Å². The summed E-state index contributed by atoms with van der Waals surface area (Å²) in [6.07, 6.45) is -1.15. The molecule has 0 bridgehead atoms. The Morgan fingerprint density at radius 3 is 2.54 bits per heavy atom. The maximum Gasteiger partial charge on any atom is 0.132 e. The Hall–Kier alpha value is -2.24. The molecule has 3 rings (SSSR count). The van der Waals surface area contributed by atoms with Gasteiger partial charge in [0, 0.05) is 28.8 Å². The van der Waals surface area contributed by atoms with Gasteiger partial charge in [0.05, 0.1) is 11.4 Å². The van der Waals surface area contributed by atoms with E-state index in [2.05, 4.69) is 5.10 Å². The molecule has 1 atom stereocenters. The number of aryl methyl sites for hydroxylation is 2. The minimum absolute atomic E-state index is 0.102. The zero-order valence-electron chi connectivity index (χ0n) is 13.1. The minimum Gasteiger partial charge on any atom is -0.383 e. The fraction of sp³-hybridized carbons (Fsp3) is 0.167. The van der Waals surface area contributed by atoms with Crippen LogP contribution < -0.4 is 0 Å². The third kappa shape index (κ3) is 2.81. The van der Waals surface area contributed by atoms with Gasteiger partial charge in [-0.25, -0.2) is 8.78 Å². The van der Waals surface area contributed by atoms with E-state index in [4.69, 9.17) is 11.6 Å². The lowest BCUT2D eigenvalue weighted by Gasteiger charge is -2.15. The molecule has 24 heavy (non-hydrogen) atoms. The molecule has 0 aliphatic carbocycles. The van der Waals surface area contributed by atoms with Gasteiger partial charge >= 0.3 is 0 Å². The molecule has 0 spiro atoms. The first-order valence-electron chi connectivity index (χ1n) is 7.31. The summed E-state index contributed by atoms with van der Waals surface area (Å²) in [5.41, 5.74) is 2.11. The highest BCUT2D eigenvalue weighted by molar-refractivity contribution is 6.31. The largest absolute Gasteiger partial charge is 0.383 e. The summed E-state index contributed by atoms with van der Waals surface area (Å²) < 4.78 is 29.0. The number of aliphatic hydroxyl groups excluding tert-OH is 1. The van der Waals surface area contributed by atoms with Crippen LogP contribution in [-0.4, -0.2) is 14.9 Å². The van der Waals surface area contributed by atoms with Crippen LogP contribution in [0.2, 0.25) is 5.02 Å².